The zero-order valence-electron chi connectivity index (χ0n) is 15.6. The molecule has 3 heterocycles. The first kappa shape index (κ1) is 17.9. The summed E-state index contributed by atoms with van der Waals surface area (Å²) in [5.74, 6) is 0.987. The number of imidazole rings is 1. The van der Waals surface area contributed by atoms with E-state index in [2.05, 4.69) is 15.6 Å². The molecule has 1 saturated heterocycles. The second-order valence-electron chi connectivity index (χ2n) is 6.57. The van der Waals surface area contributed by atoms with Gasteiger partial charge in [0.05, 0.1) is 30.4 Å². The maximum Gasteiger partial charge on any atom is 0.224 e. The van der Waals surface area contributed by atoms with Crippen molar-refractivity contribution in [2.45, 2.75) is 26.5 Å². The first-order chi connectivity index (χ1) is 13.3. The van der Waals surface area contributed by atoms with E-state index in [0.717, 1.165) is 27.8 Å². The van der Waals surface area contributed by atoms with Gasteiger partial charge >= 0.3 is 0 Å². The van der Waals surface area contributed by atoms with Crippen LogP contribution in [0.25, 0.3) is 21.9 Å². The van der Waals surface area contributed by atoms with Crippen LogP contribution >= 0.6 is 0 Å². The number of pyridine rings is 1. The van der Waals surface area contributed by atoms with E-state index in [1.54, 1.807) is 6.20 Å². The van der Waals surface area contributed by atoms with E-state index in [-0.39, 0.29) is 5.91 Å². The molecule has 7 heteroatoms. The fourth-order valence-electron chi connectivity index (χ4n) is 3.53. The van der Waals surface area contributed by atoms with Gasteiger partial charge in [-0.3, -0.25) is 9.78 Å². The lowest BCUT2D eigenvalue weighted by Crippen LogP contribution is -2.41. The van der Waals surface area contributed by atoms with Crippen LogP contribution in [0.5, 0.6) is 0 Å². The van der Waals surface area contributed by atoms with Crippen LogP contribution in [0.3, 0.4) is 0 Å². The Morgan fingerprint density at radius 1 is 1.22 bits per heavy atom. The smallest absolute Gasteiger partial charge is 0.224 e. The normalized spacial score (nSPS) is 14.9. The Hall–Kier alpha value is -2.51. The van der Waals surface area contributed by atoms with Crippen molar-refractivity contribution < 1.29 is 14.3 Å². The third kappa shape index (κ3) is 3.65. The fraction of sp³-hybridized carbons (Fsp3) is 0.450. The van der Waals surface area contributed by atoms with Crippen molar-refractivity contribution in [1.29, 1.82) is 0 Å². The highest BCUT2D eigenvalue weighted by Gasteiger charge is 2.19. The molecule has 1 amide bonds. The number of carbonyl (C=O) groups excluding carboxylic acids is 1. The number of nitrogens with zero attached hydrogens (tertiary/aromatic N) is 4. The number of benzene rings is 1. The lowest BCUT2D eigenvalue weighted by atomic mass is 10.2. The maximum atomic E-state index is 12.6. The van der Waals surface area contributed by atoms with Crippen molar-refractivity contribution in [3.05, 3.63) is 36.3 Å². The Labute approximate surface area is 157 Å². The molecule has 0 spiro atoms. The number of morpholine rings is 1. The van der Waals surface area contributed by atoms with Gasteiger partial charge in [-0.05, 0) is 13.0 Å². The van der Waals surface area contributed by atoms with E-state index in [0.29, 0.717) is 52.5 Å². The number of carbonyl (C=O) groups is 1. The van der Waals surface area contributed by atoms with E-state index in [9.17, 15) is 4.79 Å². The monoisotopic (exact) mass is 368 g/mol. The highest BCUT2D eigenvalue weighted by Crippen LogP contribution is 2.25. The first-order valence-electron chi connectivity index (χ1n) is 9.44. The Morgan fingerprint density at radius 2 is 2.04 bits per heavy atom. The van der Waals surface area contributed by atoms with Crippen LogP contribution in [0.4, 0.5) is 0 Å². The molecular formula is C20H24N4O3. The van der Waals surface area contributed by atoms with Gasteiger partial charge in [-0.25, -0.2) is 4.98 Å². The highest BCUT2D eigenvalue weighted by molar-refractivity contribution is 6.02. The molecule has 1 aliphatic heterocycles. The highest BCUT2D eigenvalue weighted by atomic mass is 16.5. The number of ether oxygens (including phenoxy) is 2. The molecule has 7 nitrogen and oxygen atoms in total. The van der Waals surface area contributed by atoms with Crippen LogP contribution in [-0.2, 0) is 27.4 Å². The second kappa shape index (κ2) is 8.02. The Morgan fingerprint density at radius 3 is 2.85 bits per heavy atom. The van der Waals surface area contributed by atoms with Crippen molar-refractivity contribution >= 4 is 27.8 Å². The van der Waals surface area contributed by atoms with E-state index >= 15 is 0 Å². The molecule has 0 aliphatic carbocycles. The van der Waals surface area contributed by atoms with Gasteiger partial charge in [0.2, 0.25) is 5.91 Å². The molecule has 4 rings (SSSR count). The minimum Gasteiger partial charge on any atom is -0.378 e. The van der Waals surface area contributed by atoms with Gasteiger partial charge in [-0.15, -0.1) is 0 Å². The van der Waals surface area contributed by atoms with Gasteiger partial charge in [0.25, 0.3) is 0 Å². The molecule has 0 N–H and O–H groups in total. The number of rotatable bonds is 6. The van der Waals surface area contributed by atoms with Crippen LogP contribution in [0.15, 0.2) is 30.5 Å². The van der Waals surface area contributed by atoms with Crippen LogP contribution in [0.1, 0.15) is 19.2 Å². The summed E-state index contributed by atoms with van der Waals surface area (Å²) in [6.07, 6.45) is 2.23. The number of aryl methyl sites for hydroxylation is 1. The molecule has 27 heavy (non-hydrogen) atoms. The van der Waals surface area contributed by atoms with Gasteiger partial charge in [0.15, 0.2) is 0 Å². The summed E-state index contributed by atoms with van der Waals surface area (Å²) >= 11 is 0. The summed E-state index contributed by atoms with van der Waals surface area (Å²) in [6.45, 7) is 6.15. The van der Waals surface area contributed by atoms with Gasteiger partial charge < -0.3 is 18.9 Å². The SMILES string of the molecule is CCOCc1nc2cnc3ccccc3c2n1CCC(=O)N1CCOCC1. The summed E-state index contributed by atoms with van der Waals surface area (Å²) in [6, 6.07) is 8.02. The van der Waals surface area contributed by atoms with E-state index in [4.69, 9.17) is 14.5 Å². The Kier molecular flexibility index (Phi) is 5.31. The van der Waals surface area contributed by atoms with Crippen molar-refractivity contribution in [3.63, 3.8) is 0 Å². The first-order valence-corrected chi connectivity index (χ1v) is 9.44. The van der Waals surface area contributed by atoms with E-state index < -0.39 is 0 Å². The summed E-state index contributed by atoms with van der Waals surface area (Å²) in [4.78, 5) is 23.7. The third-order valence-electron chi connectivity index (χ3n) is 4.91. The number of aromatic nitrogens is 3. The van der Waals surface area contributed by atoms with Crippen LogP contribution in [0, 0.1) is 0 Å². The summed E-state index contributed by atoms with van der Waals surface area (Å²) < 4.78 is 13.1. The lowest BCUT2D eigenvalue weighted by molar-refractivity contribution is -0.135. The Balaban J connectivity index is 1.67. The molecule has 0 saturated carbocycles. The van der Waals surface area contributed by atoms with Crippen molar-refractivity contribution in [2.24, 2.45) is 0 Å². The maximum absolute atomic E-state index is 12.6. The second-order valence-corrected chi connectivity index (χ2v) is 6.57. The third-order valence-corrected chi connectivity index (χ3v) is 4.91. The van der Waals surface area contributed by atoms with Crippen LogP contribution < -0.4 is 0 Å². The standard InChI is InChI=1S/C20H24N4O3/c1-2-26-14-18-22-17-13-21-16-6-4-3-5-15(16)20(17)24(18)8-7-19(25)23-9-11-27-12-10-23/h3-6,13H,2,7-12,14H2,1H3. The molecule has 0 bridgehead atoms. The molecule has 142 valence electrons. The van der Waals surface area contributed by atoms with Gasteiger partial charge in [0.1, 0.15) is 17.9 Å². The predicted molar refractivity (Wildman–Crippen MR) is 102 cm³/mol. The lowest BCUT2D eigenvalue weighted by Gasteiger charge is -2.27. The van der Waals surface area contributed by atoms with Gasteiger partial charge in [-0.2, -0.15) is 0 Å². The minimum atomic E-state index is 0.154. The van der Waals surface area contributed by atoms with Gasteiger partial charge in [0, 0.05) is 38.0 Å². The average molecular weight is 368 g/mol. The number of amides is 1. The number of hydrogen-bond acceptors (Lipinski definition) is 5. The van der Waals surface area contributed by atoms with E-state index in [1.807, 2.05) is 30.0 Å². The molecular weight excluding hydrogens is 344 g/mol. The molecule has 0 unspecified atom stereocenters. The quantitative estimate of drug-likeness (QED) is 0.668. The summed E-state index contributed by atoms with van der Waals surface area (Å²) in [5.41, 5.74) is 2.78. The summed E-state index contributed by atoms with van der Waals surface area (Å²) in [7, 11) is 0. The number of fused-ring (bicyclic) bond motifs is 3. The zero-order chi connectivity index (χ0) is 18.6. The molecule has 2 aromatic heterocycles. The molecule has 0 radical (unpaired) electrons. The molecule has 1 aliphatic rings. The topological polar surface area (TPSA) is 69.5 Å². The average Bonchev–Trinajstić information content (AvgIpc) is 3.09. The number of hydrogen-bond donors (Lipinski definition) is 0. The zero-order valence-corrected chi connectivity index (χ0v) is 15.6. The molecule has 1 fully saturated rings. The molecule has 0 atom stereocenters. The van der Waals surface area contributed by atoms with Crippen LogP contribution in [-0.4, -0.2) is 58.3 Å². The largest absolute Gasteiger partial charge is 0.378 e. The summed E-state index contributed by atoms with van der Waals surface area (Å²) in [5, 5.41) is 1.05. The Bertz CT molecular complexity index is 947. The van der Waals surface area contributed by atoms with Crippen LogP contribution in [0.2, 0.25) is 0 Å². The van der Waals surface area contributed by atoms with Crippen molar-refractivity contribution in [3.8, 4) is 0 Å². The van der Waals surface area contributed by atoms with Crippen molar-refractivity contribution in [2.75, 3.05) is 32.9 Å². The molecule has 3 aromatic rings. The predicted octanol–water partition coefficient (Wildman–Crippen LogP) is 2.37. The molecule has 1 aromatic carbocycles. The van der Waals surface area contributed by atoms with Gasteiger partial charge in [-0.1, -0.05) is 18.2 Å². The number of para-hydroxylation sites is 1. The fourth-order valence-corrected chi connectivity index (χ4v) is 3.53. The van der Waals surface area contributed by atoms with Crippen molar-refractivity contribution in [1.82, 2.24) is 19.4 Å². The minimum absolute atomic E-state index is 0.154. The van der Waals surface area contributed by atoms with E-state index in [1.165, 1.54) is 0 Å².